The van der Waals surface area contributed by atoms with Gasteiger partial charge >= 0.3 is 0 Å². The highest BCUT2D eigenvalue weighted by atomic mass is 32.2. The minimum Gasteiger partial charge on any atom is -0.440 e. The summed E-state index contributed by atoms with van der Waals surface area (Å²) in [4.78, 5) is 0. The first kappa shape index (κ1) is 16.8. The van der Waals surface area contributed by atoms with E-state index in [4.69, 9.17) is 8.94 Å². The maximum atomic E-state index is 12.8. The molecule has 2 aromatic rings. The molecule has 1 aliphatic heterocycles. The molecule has 2 aromatic heterocycles. The molecule has 136 valence electrons. The van der Waals surface area contributed by atoms with Crippen LogP contribution in [0.3, 0.4) is 0 Å². The number of aliphatic hydroxyl groups is 1. The van der Waals surface area contributed by atoms with Gasteiger partial charge in [-0.05, 0) is 57.6 Å². The van der Waals surface area contributed by atoms with Gasteiger partial charge in [-0.15, -0.1) is 0 Å². The molecule has 1 aliphatic carbocycles. The van der Waals surface area contributed by atoms with Crippen molar-refractivity contribution in [3.63, 3.8) is 0 Å². The Labute approximate surface area is 146 Å². The van der Waals surface area contributed by atoms with Crippen molar-refractivity contribution in [2.45, 2.75) is 50.2 Å². The van der Waals surface area contributed by atoms with Gasteiger partial charge in [0.2, 0.25) is 10.9 Å². The SMILES string of the molecule is Cc1noc(-c2ccc(S(=O)(=O)N3CCC(C4(O)CC4)CC3)o2)c1C. The second-order valence-corrected chi connectivity index (χ2v) is 8.99. The first-order chi connectivity index (χ1) is 11.8. The van der Waals surface area contributed by atoms with E-state index in [1.165, 1.54) is 10.4 Å². The van der Waals surface area contributed by atoms with Gasteiger partial charge in [-0.1, -0.05) is 5.16 Å². The van der Waals surface area contributed by atoms with E-state index in [9.17, 15) is 13.5 Å². The quantitative estimate of drug-likeness (QED) is 0.893. The highest BCUT2D eigenvalue weighted by Gasteiger charge is 2.49. The Kier molecular flexibility index (Phi) is 3.82. The number of hydrogen-bond acceptors (Lipinski definition) is 6. The topological polar surface area (TPSA) is 96.8 Å². The molecule has 4 rings (SSSR count). The van der Waals surface area contributed by atoms with Gasteiger partial charge in [-0.25, -0.2) is 8.42 Å². The number of sulfonamides is 1. The summed E-state index contributed by atoms with van der Waals surface area (Å²) < 4.78 is 37.9. The summed E-state index contributed by atoms with van der Waals surface area (Å²) in [7, 11) is -3.68. The van der Waals surface area contributed by atoms with E-state index in [1.807, 2.05) is 13.8 Å². The molecular formula is C17H22N2O5S. The molecule has 0 atom stereocenters. The van der Waals surface area contributed by atoms with Crippen LogP contribution in [0.1, 0.15) is 36.9 Å². The maximum Gasteiger partial charge on any atom is 0.276 e. The number of aryl methyl sites for hydroxylation is 1. The first-order valence-corrected chi connectivity index (χ1v) is 10.0. The predicted octanol–water partition coefficient (Wildman–Crippen LogP) is 2.48. The van der Waals surface area contributed by atoms with Gasteiger partial charge in [0.05, 0.1) is 11.3 Å². The third kappa shape index (κ3) is 2.82. The maximum absolute atomic E-state index is 12.8. The Morgan fingerprint density at radius 2 is 1.92 bits per heavy atom. The van der Waals surface area contributed by atoms with E-state index < -0.39 is 15.6 Å². The lowest BCUT2D eigenvalue weighted by Gasteiger charge is -2.33. The lowest BCUT2D eigenvalue weighted by Crippen LogP contribution is -2.41. The third-order valence-electron chi connectivity index (χ3n) is 5.53. The molecular weight excluding hydrogens is 344 g/mol. The molecule has 3 heterocycles. The summed E-state index contributed by atoms with van der Waals surface area (Å²) in [6, 6.07) is 3.06. The Hall–Kier alpha value is -1.64. The molecule has 8 heteroatoms. The summed E-state index contributed by atoms with van der Waals surface area (Å²) in [6.45, 7) is 4.49. The average Bonchev–Trinajstić information content (AvgIpc) is 3.02. The van der Waals surface area contributed by atoms with Crippen LogP contribution in [0.25, 0.3) is 11.5 Å². The van der Waals surface area contributed by atoms with Crippen LogP contribution in [-0.4, -0.2) is 41.7 Å². The van der Waals surface area contributed by atoms with Gasteiger partial charge in [-0.2, -0.15) is 4.31 Å². The molecule has 1 saturated heterocycles. The van der Waals surface area contributed by atoms with Crippen LogP contribution in [0.15, 0.2) is 26.2 Å². The molecule has 2 aliphatic rings. The average molecular weight is 366 g/mol. The number of aromatic nitrogens is 1. The summed E-state index contributed by atoms with van der Waals surface area (Å²) in [5.74, 6) is 1.01. The summed E-state index contributed by atoms with van der Waals surface area (Å²) in [5, 5.41) is 14.0. The molecule has 0 unspecified atom stereocenters. The highest BCUT2D eigenvalue weighted by Crippen LogP contribution is 2.46. The largest absolute Gasteiger partial charge is 0.440 e. The zero-order valence-electron chi connectivity index (χ0n) is 14.4. The van der Waals surface area contributed by atoms with Crippen molar-refractivity contribution in [3.8, 4) is 11.5 Å². The number of piperidine rings is 1. The van der Waals surface area contributed by atoms with Gasteiger partial charge < -0.3 is 14.0 Å². The Bertz CT molecular complexity index is 886. The second-order valence-electron chi connectivity index (χ2n) is 7.12. The van der Waals surface area contributed by atoms with Gasteiger partial charge in [-0.3, -0.25) is 0 Å². The van der Waals surface area contributed by atoms with Crippen LogP contribution in [0.4, 0.5) is 0 Å². The summed E-state index contributed by atoms with van der Waals surface area (Å²) in [5.41, 5.74) is 1.03. The molecule has 0 spiro atoms. The predicted molar refractivity (Wildman–Crippen MR) is 89.3 cm³/mol. The van der Waals surface area contributed by atoms with E-state index in [1.54, 1.807) is 6.07 Å². The monoisotopic (exact) mass is 366 g/mol. The molecule has 0 bridgehead atoms. The van der Waals surface area contributed by atoms with Gasteiger partial charge in [0.1, 0.15) is 0 Å². The molecule has 7 nitrogen and oxygen atoms in total. The number of rotatable bonds is 4. The van der Waals surface area contributed by atoms with Crippen molar-refractivity contribution >= 4 is 10.0 Å². The first-order valence-electron chi connectivity index (χ1n) is 8.57. The van der Waals surface area contributed by atoms with E-state index >= 15 is 0 Å². The van der Waals surface area contributed by atoms with E-state index in [2.05, 4.69) is 5.16 Å². The lowest BCUT2D eigenvalue weighted by atomic mass is 9.90. The number of furan rings is 1. The fraction of sp³-hybridized carbons (Fsp3) is 0.588. The van der Waals surface area contributed by atoms with Crippen molar-refractivity contribution in [2.75, 3.05) is 13.1 Å². The molecule has 0 amide bonds. The number of hydrogen-bond donors (Lipinski definition) is 1. The van der Waals surface area contributed by atoms with Crippen molar-refractivity contribution in [1.29, 1.82) is 0 Å². The van der Waals surface area contributed by atoms with Crippen LogP contribution in [0.5, 0.6) is 0 Å². The van der Waals surface area contributed by atoms with Gasteiger partial charge in [0.15, 0.2) is 5.76 Å². The zero-order chi connectivity index (χ0) is 17.8. The van der Waals surface area contributed by atoms with Crippen LogP contribution < -0.4 is 0 Å². The Balaban J connectivity index is 1.52. The normalized spacial score (nSPS) is 21.6. The Morgan fingerprint density at radius 3 is 2.48 bits per heavy atom. The van der Waals surface area contributed by atoms with Crippen LogP contribution in [-0.2, 0) is 10.0 Å². The van der Waals surface area contributed by atoms with Gasteiger partial charge in [0.25, 0.3) is 10.0 Å². The minimum atomic E-state index is -3.68. The number of nitrogens with zero attached hydrogens (tertiary/aromatic N) is 2. The fourth-order valence-corrected chi connectivity index (χ4v) is 4.90. The second kappa shape index (κ2) is 5.69. The Morgan fingerprint density at radius 1 is 1.24 bits per heavy atom. The van der Waals surface area contributed by atoms with Crippen molar-refractivity contribution < 1.29 is 22.5 Å². The van der Waals surface area contributed by atoms with Crippen LogP contribution in [0, 0.1) is 19.8 Å². The minimum absolute atomic E-state index is 0.0838. The third-order valence-corrected chi connectivity index (χ3v) is 7.31. The molecule has 0 aromatic carbocycles. The van der Waals surface area contributed by atoms with Crippen LogP contribution >= 0.6 is 0 Å². The molecule has 1 N–H and O–H groups in total. The van der Waals surface area contributed by atoms with Crippen molar-refractivity contribution in [2.24, 2.45) is 5.92 Å². The standard InChI is InChI=1S/C17H22N2O5S/c1-11-12(2)18-24-16(11)14-3-4-15(23-14)25(21,22)19-9-5-13(6-10-19)17(20)7-8-17/h3-4,13,20H,5-10H2,1-2H3. The van der Waals surface area contributed by atoms with Crippen molar-refractivity contribution in [1.82, 2.24) is 9.46 Å². The van der Waals surface area contributed by atoms with E-state index in [0.717, 1.165) is 24.1 Å². The zero-order valence-corrected chi connectivity index (χ0v) is 15.2. The molecule has 2 fully saturated rings. The van der Waals surface area contributed by atoms with E-state index in [0.29, 0.717) is 37.5 Å². The van der Waals surface area contributed by atoms with E-state index in [-0.39, 0.29) is 11.0 Å². The molecule has 1 saturated carbocycles. The molecule has 0 radical (unpaired) electrons. The van der Waals surface area contributed by atoms with Crippen molar-refractivity contribution in [3.05, 3.63) is 23.4 Å². The highest BCUT2D eigenvalue weighted by molar-refractivity contribution is 7.89. The summed E-state index contributed by atoms with van der Waals surface area (Å²) >= 11 is 0. The fourth-order valence-electron chi connectivity index (χ4n) is 3.52. The van der Waals surface area contributed by atoms with Crippen LogP contribution in [0.2, 0.25) is 0 Å². The smallest absolute Gasteiger partial charge is 0.276 e. The lowest BCUT2D eigenvalue weighted by molar-refractivity contribution is 0.0532. The van der Waals surface area contributed by atoms with Gasteiger partial charge in [0, 0.05) is 18.7 Å². The summed E-state index contributed by atoms with van der Waals surface area (Å²) in [6.07, 6.45) is 3.04. The molecule has 25 heavy (non-hydrogen) atoms.